The van der Waals surface area contributed by atoms with E-state index in [1.807, 2.05) is 32.2 Å². The van der Waals surface area contributed by atoms with E-state index in [1.54, 1.807) is 0 Å². The molecule has 3 rings (SSSR count). The van der Waals surface area contributed by atoms with E-state index in [4.69, 9.17) is 9.73 Å². The molecule has 0 aliphatic carbocycles. The van der Waals surface area contributed by atoms with Crippen LogP contribution >= 0.6 is 0 Å². The summed E-state index contributed by atoms with van der Waals surface area (Å²) in [7, 11) is 0. The van der Waals surface area contributed by atoms with E-state index in [0.717, 1.165) is 50.5 Å². The van der Waals surface area contributed by atoms with Gasteiger partial charge in [0.2, 0.25) is 11.8 Å². The molecule has 2 fully saturated rings. The fraction of sp³-hybridized carbons (Fsp3) is 0.650. The molecule has 1 amide bonds. The fourth-order valence-corrected chi connectivity index (χ4v) is 3.84. The van der Waals surface area contributed by atoms with Crippen molar-refractivity contribution in [2.75, 3.05) is 26.2 Å². The van der Waals surface area contributed by atoms with Gasteiger partial charge in [0.05, 0.1) is 12.6 Å². The number of aromatic nitrogens is 1. The number of hydrogen-bond donors (Lipinski definition) is 2. The smallest absolute Gasteiger partial charge is 0.220 e. The Labute approximate surface area is 161 Å². The summed E-state index contributed by atoms with van der Waals surface area (Å²) in [4.78, 5) is 23.2. The molecule has 1 spiro atoms. The fourth-order valence-electron chi connectivity index (χ4n) is 3.84. The zero-order valence-corrected chi connectivity index (χ0v) is 16.6. The van der Waals surface area contributed by atoms with Gasteiger partial charge < -0.3 is 20.3 Å². The second-order valence-electron chi connectivity index (χ2n) is 7.82. The number of carbonyl (C=O) groups is 1. The monoisotopic (exact) mass is 373 g/mol. The topological polar surface area (TPSA) is 78.9 Å². The highest BCUT2D eigenvalue weighted by Crippen LogP contribution is 2.36. The van der Waals surface area contributed by atoms with Crippen LogP contribution in [0.4, 0.5) is 0 Å². The number of nitrogens with one attached hydrogen (secondary N) is 2. The van der Waals surface area contributed by atoms with Gasteiger partial charge in [-0.1, -0.05) is 6.07 Å². The Hall–Kier alpha value is -2.31. The van der Waals surface area contributed by atoms with Crippen molar-refractivity contribution < 1.29 is 9.53 Å². The van der Waals surface area contributed by atoms with Crippen LogP contribution < -0.4 is 15.4 Å². The number of ether oxygens (including phenoxy) is 1. The van der Waals surface area contributed by atoms with Crippen molar-refractivity contribution >= 4 is 11.9 Å². The number of aliphatic imine (C=N–C) groups is 1. The van der Waals surface area contributed by atoms with Crippen molar-refractivity contribution in [3.8, 4) is 5.88 Å². The van der Waals surface area contributed by atoms with E-state index < -0.39 is 0 Å². The molecule has 1 aromatic rings. The van der Waals surface area contributed by atoms with Crippen molar-refractivity contribution in [3.63, 3.8) is 0 Å². The van der Waals surface area contributed by atoms with Crippen LogP contribution in [-0.4, -0.2) is 54.0 Å². The van der Waals surface area contributed by atoms with Gasteiger partial charge in [-0.05, 0) is 39.2 Å². The number of piperidine rings is 1. The molecule has 1 atom stereocenters. The van der Waals surface area contributed by atoms with Gasteiger partial charge in [0.15, 0.2) is 5.96 Å². The third-order valence-corrected chi connectivity index (χ3v) is 5.06. The van der Waals surface area contributed by atoms with Crippen LogP contribution in [0.5, 0.6) is 5.88 Å². The Bertz CT molecular complexity index is 673. The number of nitrogens with zero attached hydrogens (tertiary/aromatic N) is 3. The first kappa shape index (κ1) is 19.5. The summed E-state index contributed by atoms with van der Waals surface area (Å²) < 4.78 is 5.59. The number of carbonyl (C=O) groups excluding carboxylic acids is 1. The molecule has 2 saturated heterocycles. The summed E-state index contributed by atoms with van der Waals surface area (Å²) in [6, 6.07) is 3.90. The van der Waals surface area contributed by atoms with Gasteiger partial charge in [0.1, 0.15) is 0 Å². The van der Waals surface area contributed by atoms with Gasteiger partial charge >= 0.3 is 0 Å². The lowest BCUT2D eigenvalue weighted by Crippen LogP contribution is -2.51. The first-order chi connectivity index (χ1) is 13.0. The Kier molecular flexibility index (Phi) is 6.19. The lowest BCUT2D eigenvalue weighted by Gasteiger charge is -2.40. The van der Waals surface area contributed by atoms with Crippen molar-refractivity contribution in [1.82, 2.24) is 20.5 Å². The van der Waals surface area contributed by atoms with Crippen molar-refractivity contribution in [3.05, 3.63) is 23.9 Å². The van der Waals surface area contributed by atoms with Crippen molar-refractivity contribution in [1.29, 1.82) is 0 Å². The number of pyridine rings is 1. The van der Waals surface area contributed by atoms with Crippen LogP contribution in [0.25, 0.3) is 0 Å². The quantitative estimate of drug-likeness (QED) is 0.609. The average molecular weight is 374 g/mol. The highest BCUT2D eigenvalue weighted by molar-refractivity contribution is 5.81. The number of likely N-dealkylation sites (tertiary alicyclic amines) is 1. The van der Waals surface area contributed by atoms with Crippen molar-refractivity contribution in [2.24, 2.45) is 10.4 Å². The SMILES string of the molecule is CCNC(=NCc1ccc(OC(C)C)nc1)N1CCCC2(CNC(=O)C2)C1. The third kappa shape index (κ3) is 5.11. The van der Waals surface area contributed by atoms with Gasteiger partial charge in [-0.15, -0.1) is 0 Å². The minimum atomic E-state index is 0.0584. The standard InChI is InChI=1S/C20H31N5O2/c1-4-21-19(23-12-16-6-7-18(22-11-16)27-15(2)3)25-9-5-8-20(14-25)10-17(26)24-13-20/h6-7,11,15H,4-5,8-10,12-14H2,1-3H3,(H,21,23)(H,24,26). The molecule has 1 unspecified atom stereocenters. The largest absolute Gasteiger partial charge is 0.475 e. The molecular weight excluding hydrogens is 342 g/mol. The number of guanidine groups is 1. The summed E-state index contributed by atoms with van der Waals surface area (Å²) in [5, 5.41) is 6.41. The van der Waals surface area contributed by atoms with Gasteiger partial charge in [-0.2, -0.15) is 0 Å². The summed E-state index contributed by atoms with van der Waals surface area (Å²) in [6.07, 6.45) is 4.75. The lowest BCUT2D eigenvalue weighted by molar-refractivity contribution is -0.119. The number of rotatable bonds is 5. The molecule has 2 aliphatic rings. The summed E-state index contributed by atoms with van der Waals surface area (Å²) in [5.74, 6) is 1.73. The lowest BCUT2D eigenvalue weighted by atomic mass is 9.79. The summed E-state index contributed by atoms with van der Waals surface area (Å²) >= 11 is 0. The average Bonchev–Trinajstić information content (AvgIpc) is 2.99. The normalized spacial score (nSPS) is 23.0. The third-order valence-electron chi connectivity index (χ3n) is 5.06. The van der Waals surface area contributed by atoms with Crippen LogP contribution in [0, 0.1) is 5.41 Å². The van der Waals surface area contributed by atoms with Crippen LogP contribution in [-0.2, 0) is 11.3 Å². The maximum Gasteiger partial charge on any atom is 0.220 e. The second kappa shape index (κ2) is 8.59. The van der Waals surface area contributed by atoms with Gasteiger partial charge in [0.25, 0.3) is 0 Å². The molecule has 0 radical (unpaired) electrons. The van der Waals surface area contributed by atoms with Crippen molar-refractivity contribution in [2.45, 2.75) is 52.7 Å². The van der Waals surface area contributed by atoms with Crippen LogP contribution in [0.3, 0.4) is 0 Å². The van der Waals surface area contributed by atoms with Crippen LogP contribution in [0.1, 0.15) is 45.6 Å². The first-order valence-corrected chi connectivity index (χ1v) is 9.91. The maximum absolute atomic E-state index is 11.7. The van der Waals surface area contributed by atoms with E-state index >= 15 is 0 Å². The van der Waals surface area contributed by atoms with E-state index in [-0.39, 0.29) is 17.4 Å². The second-order valence-corrected chi connectivity index (χ2v) is 7.82. The molecule has 1 aromatic heterocycles. The molecule has 0 bridgehead atoms. The first-order valence-electron chi connectivity index (χ1n) is 9.91. The number of hydrogen-bond acceptors (Lipinski definition) is 4. The summed E-state index contributed by atoms with van der Waals surface area (Å²) in [6.45, 7) is 10.1. The Balaban J connectivity index is 1.66. The zero-order chi connectivity index (χ0) is 19.3. The molecule has 148 valence electrons. The molecule has 2 aliphatic heterocycles. The van der Waals surface area contributed by atoms with Gasteiger partial charge in [-0.3, -0.25) is 4.79 Å². The summed E-state index contributed by atoms with van der Waals surface area (Å²) in [5.41, 5.74) is 1.11. The molecule has 2 N–H and O–H groups in total. The van der Waals surface area contributed by atoms with E-state index in [1.165, 1.54) is 0 Å². The molecule has 7 heteroatoms. The maximum atomic E-state index is 11.7. The molecule has 0 aromatic carbocycles. The van der Waals surface area contributed by atoms with Crippen LogP contribution in [0.15, 0.2) is 23.3 Å². The molecule has 7 nitrogen and oxygen atoms in total. The molecule has 0 saturated carbocycles. The highest BCUT2D eigenvalue weighted by atomic mass is 16.5. The predicted octanol–water partition coefficient (Wildman–Crippen LogP) is 1.94. The minimum Gasteiger partial charge on any atom is -0.475 e. The Morgan fingerprint density at radius 3 is 2.96 bits per heavy atom. The van der Waals surface area contributed by atoms with Crippen LogP contribution in [0.2, 0.25) is 0 Å². The van der Waals surface area contributed by atoms with Gasteiger partial charge in [0, 0.05) is 50.3 Å². The minimum absolute atomic E-state index is 0.0584. The Morgan fingerprint density at radius 2 is 2.33 bits per heavy atom. The molecule has 27 heavy (non-hydrogen) atoms. The number of amides is 1. The zero-order valence-electron chi connectivity index (χ0n) is 16.6. The molecule has 3 heterocycles. The van der Waals surface area contributed by atoms with E-state index in [9.17, 15) is 4.79 Å². The predicted molar refractivity (Wildman–Crippen MR) is 106 cm³/mol. The van der Waals surface area contributed by atoms with Gasteiger partial charge in [-0.25, -0.2) is 9.98 Å². The molecular formula is C20H31N5O2. The highest BCUT2D eigenvalue weighted by Gasteiger charge is 2.42. The Morgan fingerprint density at radius 1 is 1.48 bits per heavy atom. The van der Waals surface area contributed by atoms with E-state index in [2.05, 4.69) is 27.4 Å². The van der Waals surface area contributed by atoms with E-state index in [0.29, 0.717) is 18.8 Å².